The van der Waals surface area contributed by atoms with Crippen molar-refractivity contribution in [2.75, 3.05) is 0 Å². The number of rotatable bonds is 6. The third-order valence-corrected chi connectivity index (χ3v) is 2.19. The average molecular weight is 214 g/mol. The molecular weight excluding hydrogens is 192 g/mol. The van der Waals surface area contributed by atoms with Gasteiger partial charge < -0.3 is 10.6 Å². The lowest BCUT2D eigenvalue weighted by Gasteiger charge is -2.25. The quantitative estimate of drug-likeness (QED) is 0.650. The van der Waals surface area contributed by atoms with Crippen molar-refractivity contribution in [2.24, 2.45) is 5.92 Å². The molecule has 0 aliphatic rings. The number of hydrogen-bond donors (Lipinski definition) is 2. The molecule has 0 fully saturated rings. The van der Waals surface area contributed by atoms with Gasteiger partial charge in [0.1, 0.15) is 5.54 Å². The first-order valence-corrected chi connectivity index (χ1v) is 5.32. The van der Waals surface area contributed by atoms with E-state index >= 15 is 0 Å². The number of nitrogens with one attached hydrogen (secondary N) is 2. The molecule has 0 aromatic heterocycles. The van der Waals surface area contributed by atoms with Crippen LogP contribution in [0.15, 0.2) is 0 Å². The minimum absolute atomic E-state index is 0.130. The third kappa shape index (κ3) is 5.40. The molecule has 0 aromatic rings. The maximum atomic E-state index is 11.7. The normalized spacial score (nSPS) is 13.5. The predicted octanol–water partition coefficient (Wildman–Crippen LogP) is 1.06. The van der Waals surface area contributed by atoms with E-state index in [-0.39, 0.29) is 11.9 Å². The molecule has 0 aromatic carbocycles. The van der Waals surface area contributed by atoms with Crippen LogP contribution in [0.3, 0.4) is 0 Å². The highest BCUT2D eigenvalue weighted by atomic mass is 16.2. The van der Waals surface area contributed by atoms with Gasteiger partial charge >= 0.3 is 0 Å². The maximum Gasteiger partial charge on any atom is 0.245 e. The molecule has 4 nitrogen and oxygen atoms in total. The number of carbonyl (C=O) groups is 2. The highest BCUT2D eigenvalue weighted by Crippen LogP contribution is 2.06. The summed E-state index contributed by atoms with van der Waals surface area (Å²) < 4.78 is 0. The SMILES string of the molecule is CC(C)CC(C)NC(=O)C(C)(C)NC=O. The van der Waals surface area contributed by atoms with E-state index < -0.39 is 5.54 Å². The van der Waals surface area contributed by atoms with Gasteiger partial charge in [0.05, 0.1) is 0 Å². The minimum atomic E-state index is -0.840. The Kier molecular flexibility index (Phi) is 5.33. The van der Waals surface area contributed by atoms with Crippen molar-refractivity contribution in [3.8, 4) is 0 Å². The van der Waals surface area contributed by atoms with Crippen molar-refractivity contribution in [2.45, 2.75) is 52.6 Å². The van der Waals surface area contributed by atoms with Gasteiger partial charge in [-0.2, -0.15) is 0 Å². The lowest BCUT2D eigenvalue weighted by molar-refractivity contribution is -0.129. The van der Waals surface area contributed by atoms with Gasteiger partial charge in [0, 0.05) is 6.04 Å². The van der Waals surface area contributed by atoms with Gasteiger partial charge in [-0.25, -0.2) is 0 Å². The first-order chi connectivity index (χ1) is 6.79. The Labute approximate surface area is 91.8 Å². The molecule has 0 spiro atoms. The summed E-state index contributed by atoms with van der Waals surface area (Å²) in [5.74, 6) is 0.394. The molecule has 0 heterocycles. The zero-order valence-corrected chi connectivity index (χ0v) is 10.3. The molecule has 2 N–H and O–H groups in total. The minimum Gasteiger partial charge on any atom is -0.352 e. The molecule has 2 amide bonds. The summed E-state index contributed by atoms with van der Waals surface area (Å²) in [6.45, 7) is 9.54. The van der Waals surface area contributed by atoms with E-state index in [0.717, 1.165) is 6.42 Å². The number of amides is 2. The van der Waals surface area contributed by atoms with E-state index in [1.54, 1.807) is 13.8 Å². The van der Waals surface area contributed by atoms with Gasteiger partial charge in [-0.15, -0.1) is 0 Å². The fourth-order valence-corrected chi connectivity index (χ4v) is 1.38. The zero-order chi connectivity index (χ0) is 12.1. The number of carbonyl (C=O) groups excluding carboxylic acids is 2. The topological polar surface area (TPSA) is 58.2 Å². The van der Waals surface area contributed by atoms with Gasteiger partial charge in [0.15, 0.2) is 0 Å². The van der Waals surface area contributed by atoms with Gasteiger partial charge in [-0.1, -0.05) is 13.8 Å². The molecule has 1 unspecified atom stereocenters. The molecule has 0 bridgehead atoms. The largest absolute Gasteiger partial charge is 0.352 e. The highest BCUT2D eigenvalue weighted by Gasteiger charge is 2.27. The summed E-state index contributed by atoms with van der Waals surface area (Å²) in [5, 5.41) is 5.36. The molecule has 0 saturated carbocycles. The van der Waals surface area contributed by atoms with Crippen molar-refractivity contribution in [3.63, 3.8) is 0 Å². The van der Waals surface area contributed by atoms with Crippen molar-refractivity contribution in [1.29, 1.82) is 0 Å². The van der Waals surface area contributed by atoms with E-state index in [9.17, 15) is 9.59 Å². The molecule has 1 atom stereocenters. The summed E-state index contributed by atoms with van der Waals surface area (Å²) in [6.07, 6.45) is 1.48. The van der Waals surface area contributed by atoms with Crippen LogP contribution in [0.5, 0.6) is 0 Å². The van der Waals surface area contributed by atoms with E-state index in [2.05, 4.69) is 24.5 Å². The second-order valence-corrected chi connectivity index (χ2v) is 4.89. The predicted molar refractivity (Wildman–Crippen MR) is 60.3 cm³/mol. The van der Waals surface area contributed by atoms with Gasteiger partial charge in [-0.05, 0) is 33.1 Å². The van der Waals surface area contributed by atoms with Crippen LogP contribution in [0.4, 0.5) is 0 Å². The first kappa shape index (κ1) is 13.9. The van der Waals surface area contributed by atoms with E-state index in [1.807, 2.05) is 6.92 Å². The second kappa shape index (κ2) is 5.73. The van der Waals surface area contributed by atoms with Crippen LogP contribution in [0, 0.1) is 5.92 Å². The monoisotopic (exact) mass is 214 g/mol. The van der Waals surface area contributed by atoms with Crippen LogP contribution in [-0.2, 0) is 9.59 Å². The van der Waals surface area contributed by atoms with E-state index in [4.69, 9.17) is 0 Å². The van der Waals surface area contributed by atoms with E-state index in [1.165, 1.54) is 0 Å². The molecule has 0 aliphatic carbocycles. The number of hydrogen-bond acceptors (Lipinski definition) is 2. The Hall–Kier alpha value is -1.06. The van der Waals surface area contributed by atoms with E-state index in [0.29, 0.717) is 12.3 Å². The molecule has 4 heteroatoms. The van der Waals surface area contributed by atoms with Gasteiger partial charge in [0.2, 0.25) is 12.3 Å². The van der Waals surface area contributed by atoms with Crippen LogP contribution in [-0.4, -0.2) is 23.9 Å². The summed E-state index contributed by atoms with van der Waals surface area (Å²) >= 11 is 0. The van der Waals surface area contributed by atoms with Crippen molar-refractivity contribution < 1.29 is 9.59 Å². The van der Waals surface area contributed by atoms with Crippen LogP contribution in [0.25, 0.3) is 0 Å². The van der Waals surface area contributed by atoms with Crippen molar-refractivity contribution in [1.82, 2.24) is 10.6 Å². The summed E-state index contributed by atoms with van der Waals surface area (Å²) in [7, 11) is 0. The van der Waals surface area contributed by atoms with Gasteiger partial charge in [0.25, 0.3) is 0 Å². The standard InChI is InChI=1S/C11H22N2O2/c1-8(2)6-9(3)13-10(15)11(4,5)12-7-14/h7-9H,6H2,1-5H3,(H,12,14)(H,13,15). The Balaban J connectivity index is 4.17. The Morgan fingerprint density at radius 1 is 1.33 bits per heavy atom. The van der Waals surface area contributed by atoms with Gasteiger partial charge in [-0.3, -0.25) is 9.59 Å². The molecular formula is C11H22N2O2. The Morgan fingerprint density at radius 2 is 1.87 bits per heavy atom. The zero-order valence-electron chi connectivity index (χ0n) is 10.3. The lowest BCUT2D eigenvalue weighted by atomic mass is 10.0. The van der Waals surface area contributed by atoms with Crippen LogP contribution in [0.1, 0.15) is 41.0 Å². The first-order valence-electron chi connectivity index (χ1n) is 5.32. The van der Waals surface area contributed by atoms with Crippen LogP contribution < -0.4 is 10.6 Å². The van der Waals surface area contributed by atoms with Crippen LogP contribution >= 0.6 is 0 Å². The molecule has 15 heavy (non-hydrogen) atoms. The summed E-state index contributed by atoms with van der Waals surface area (Å²) in [6, 6.07) is 0.130. The average Bonchev–Trinajstić information content (AvgIpc) is 2.01. The van der Waals surface area contributed by atoms with Crippen molar-refractivity contribution >= 4 is 12.3 Å². The fraction of sp³-hybridized carbons (Fsp3) is 0.818. The Morgan fingerprint density at radius 3 is 2.27 bits per heavy atom. The smallest absolute Gasteiger partial charge is 0.245 e. The highest BCUT2D eigenvalue weighted by molar-refractivity contribution is 5.87. The fourth-order valence-electron chi connectivity index (χ4n) is 1.38. The van der Waals surface area contributed by atoms with Crippen molar-refractivity contribution in [3.05, 3.63) is 0 Å². The van der Waals surface area contributed by atoms with Crippen LogP contribution in [0.2, 0.25) is 0 Å². The molecule has 0 rings (SSSR count). The third-order valence-electron chi connectivity index (χ3n) is 2.19. The molecule has 0 aliphatic heterocycles. The summed E-state index contributed by atoms with van der Waals surface area (Å²) in [5.41, 5.74) is -0.840. The summed E-state index contributed by atoms with van der Waals surface area (Å²) in [4.78, 5) is 22.0. The second-order valence-electron chi connectivity index (χ2n) is 4.89. The molecule has 0 saturated heterocycles. The lowest BCUT2D eigenvalue weighted by Crippen LogP contribution is -2.54. The molecule has 0 radical (unpaired) electrons. The maximum absolute atomic E-state index is 11.7. The Bertz CT molecular complexity index is 225. The molecule has 88 valence electrons.